The zero-order valence-electron chi connectivity index (χ0n) is 15.8. The molecule has 27 heavy (non-hydrogen) atoms. The normalized spacial score (nSPS) is 16.1. The zero-order valence-corrected chi connectivity index (χ0v) is 15.8. The van der Waals surface area contributed by atoms with Crippen molar-refractivity contribution in [3.05, 3.63) is 71.3 Å². The quantitative estimate of drug-likeness (QED) is 0.729. The highest BCUT2D eigenvalue weighted by Crippen LogP contribution is 2.23. The number of aliphatic hydroxyl groups excluding tert-OH is 1. The number of aromatic nitrogens is 4. The van der Waals surface area contributed by atoms with Gasteiger partial charge in [-0.05, 0) is 43.5 Å². The third-order valence-electron chi connectivity index (χ3n) is 5.31. The molecule has 4 rings (SSSR count). The predicted molar refractivity (Wildman–Crippen MR) is 104 cm³/mol. The van der Waals surface area contributed by atoms with Gasteiger partial charge in [0.15, 0.2) is 0 Å². The molecular weight excluding hydrogens is 338 g/mol. The van der Waals surface area contributed by atoms with Gasteiger partial charge < -0.3 is 5.11 Å². The molecule has 3 aromatic rings. The second-order valence-electron chi connectivity index (χ2n) is 7.28. The Bertz CT molecular complexity index is 870. The highest BCUT2D eigenvalue weighted by Gasteiger charge is 2.22. The minimum Gasteiger partial charge on any atom is -0.380 e. The van der Waals surface area contributed by atoms with Crippen molar-refractivity contribution in [1.82, 2.24) is 24.5 Å². The van der Waals surface area contributed by atoms with Crippen LogP contribution in [0, 0.1) is 0 Å². The summed E-state index contributed by atoms with van der Waals surface area (Å²) < 4.78 is 3.76. The fourth-order valence-electron chi connectivity index (χ4n) is 3.83. The molecule has 0 saturated heterocycles. The molecule has 6 heteroatoms. The van der Waals surface area contributed by atoms with E-state index in [1.54, 1.807) is 10.9 Å². The van der Waals surface area contributed by atoms with Crippen molar-refractivity contribution in [3.63, 3.8) is 0 Å². The van der Waals surface area contributed by atoms with Crippen LogP contribution in [-0.2, 0) is 26.6 Å². The first-order valence-electron chi connectivity index (χ1n) is 9.69. The molecule has 0 fully saturated rings. The molecule has 1 aliphatic rings. The number of nitrogens with zero attached hydrogens (tertiary/aromatic N) is 5. The van der Waals surface area contributed by atoms with Gasteiger partial charge in [0.2, 0.25) is 0 Å². The number of benzene rings is 1. The Morgan fingerprint density at radius 2 is 2.00 bits per heavy atom. The first-order chi connectivity index (χ1) is 13.2. The highest BCUT2D eigenvalue weighted by molar-refractivity contribution is 5.21. The second kappa shape index (κ2) is 8.06. The first-order valence-corrected chi connectivity index (χ1v) is 9.69. The summed E-state index contributed by atoms with van der Waals surface area (Å²) in [5.74, 6) is 0. The summed E-state index contributed by atoms with van der Waals surface area (Å²) in [7, 11) is 1.84. The fraction of sp³-hybridized carbons (Fsp3) is 0.429. The summed E-state index contributed by atoms with van der Waals surface area (Å²) in [6.45, 7) is 3.97. The first kappa shape index (κ1) is 17.9. The van der Waals surface area contributed by atoms with Gasteiger partial charge in [-0.1, -0.05) is 30.3 Å². The van der Waals surface area contributed by atoms with Crippen LogP contribution in [-0.4, -0.2) is 42.7 Å². The van der Waals surface area contributed by atoms with Gasteiger partial charge in [0.1, 0.15) is 6.10 Å². The predicted octanol–water partition coefficient (Wildman–Crippen LogP) is 2.54. The van der Waals surface area contributed by atoms with Crippen LogP contribution < -0.4 is 0 Å². The summed E-state index contributed by atoms with van der Waals surface area (Å²) in [5, 5.41) is 19.5. The van der Waals surface area contributed by atoms with Gasteiger partial charge in [0.25, 0.3) is 0 Å². The number of fused-ring (bicyclic) bond motifs is 1. The van der Waals surface area contributed by atoms with E-state index in [1.165, 1.54) is 11.3 Å². The highest BCUT2D eigenvalue weighted by atomic mass is 16.3. The maximum Gasteiger partial charge on any atom is 0.139 e. The molecule has 142 valence electrons. The fourth-order valence-corrected chi connectivity index (χ4v) is 3.83. The van der Waals surface area contributed by atoms with E-state index in [4.69, 9.17) is 0 Å². The molecule has 0 aliphatic carbocycles. The van der Waals surface area contributed by atoms with Crippen LogP contribution in [0.15, 0.2) is 48.7 Å². The molecule has 2 aromatic heterocycles. The van der Waals surface area contributed by atoms with E-state index in [0.717, 1.165) is 51.1 Å². The Kier molecular flexibility index (Phi) is 5.36. The van der Waals surface area contributed by atoms with E-state index in [0.29, 0.717) is 5.69 Å². The van der Waals surface area contributed by atoms with Gasteiger partial charge in [0.05, 0.1) is 17.1 Å². The van der Waals surface area contributed by atoms with Crippen molar-refractivity contribution in [2.75, 3.05) is 13.1 Å². The van der Waals surface area contributed by atoms with Crippen molar-refractivity contribution in [2.45, 2.75) is 38.5 Å². The third kappa shape index (κ3) is 4.12. The Morgan fingerprint density at radius 1 is 1.15 bits per heavy atom. The maximum absolute atomic E-state index is 10.7. The molecule has 0 radical (unpaired) electrons. The molecule has 6 nitrogen and oxygen atoms in total. The average molecular weight is 365 g/mol. The van der Waals surface area contributed by atoms with E-state index in [1.807, 2.05) is 19.2 Å². The van der Waals surface area contributed by atoms with Crippen LogP contribution in [0.2, 0.25) is 0 Å². The Labute approximate surface area is 160 Å². The monoisotopic (exact) mass is 365 g/mol. The molecular formula is C21H27N5O. The number of aliphatic hydroxyl groups is 1. The number of aryl methyl sites for hydroxylation is 3. The van der Waals surface area contributed by atoms with Crippen molar-refractivity contribution < 1.29 is 5.11 Å². The second-order valence-corrected chi connectivity index (χ2v) is 7.28. The lowest BCUT2D eigenvalue weighted by Crippen LogP contribution is -2.24. The van der Waals surface area contributed by atoms with Crippen LogP contribution in [0.3, 0.4) is 0 Å². The molecule has 0 bridgehead atoms. The van der Waals surface area contributed by atoms with Crippen LogP contribution >= 0.6 is 0 Å². The summed E-state index contributed by atoms with van der Waals surface area (Å²) in [6.07, 6.45) is 4.32. The van der Waals surface area contributed by atoms with Crippen LogP contribution in [0.25, 0.3) is 0 Å². The van der Waals surface area contributed by atoms with E-state index in [9.17, 15) is 5.11 Å². The minimum absolute atomic E-state index is 0.708. The van der Waals surface area contributed by atoms with E-state index >= 15 is 0 Å². The SMILES string of the molecule is Cn1nccc1[C@H](O)c1cc2n(n1)CCCN(CCCc1ccccc1)C2. The standard InChI is InChI=1S/C21H27N5O/c1-24-20(10-11-22-24)21(27)19-15-18-16-25(13-6-14-26(18)23-19)12-5-9-17-7-3-2-4-8-17/h2-4,7-8,10-11,15,21,27H,5-6,9,12-14,16H2,1H3/t21-/m1/s1. The molecule has 0 amide bonds. The number of rotatable bonds is 6. The van der Waals surface area contributed by atoms with Crippen LogP contribution in [0.5, 0.6) is 0 Å². The Balaban J connectivity index is 1.40. The van der Waals surface area contributed by atoms with Gasteiger partial charge in [-0.3, -0.25) is 14.3 Å². The van der Waals surface area contributed by atoms with Gasteiger partial charge in [-0.25, -0.2) is 0 Å². The van der Waals surface area contributed by atoms with E-state index in [2.05, 4.69) is 50.1 Å². The molecule has 1 atom stereocenters. The number of hydrogen-bond acceptors (Lipinski definition) is 4. The molecule has 0 spiro atoms. The van der Waals surface area contributed by atoms with Gasteiger partial charge in [-0.15, -0.1) is 0 Å². The lowest BCUT2D eigenvalue weighted by Gasteiger charge is -2.19. The van der Waals surface area contributed by atoms with Crippen molar-refractivity contribution >= 4 is 0 Å². The lowest BCUT2D eigenvalue weighted by atomic mass is 10.1. The topological polar surface area (TPSA) is 59.1 Å². The van der Waals surface area contributed by atoms with Crippen LogP contribution in [0.4, 0.5) is 0 Å². The number of hydrogen-bond donors (Lipinski definition) is 1. The molecule has 0 unspecified atom stereocenters. The molecule has 0 saturated carbocycles. The summed E-state index contributed by atoms with van der Waals surface area (Å²) in [5.41, 5.74) is 4.06. The maximum atomic E-state index is 10.7. The van der Waals surface area contributed by atoms with E-state index in [-0.39, 0.29) is 0 Å². The van der Waals surface area contributed by atoms with Gasteiger partial charge in [-0.2, -0.15) is 10.2 Å². The van der Waals surface area contributed by atoms with Crippen molar-refractivity contribution in [2.24, 2.45) is 7.05 Å². The lowest BCUT2D eigenvalue weighted by molar-refractivity contribution is 0.203. The molecule has 1 aliphatic heterocycles. The Hall–Kier alpha value is -2.44. The average Bonchev–Trinajstić information content (AvgIpc) is 3.23. The van der Waals surface area contributed by atoms with Crippen molar-refractivity contribution in [1.29, 1.82) is 0 Å². The molecule has 1 N–H and O–H groups in total. The zero-order chi connectivity index (χ0) is 18.6. The van der Waals surface area contributed by atoms with E-state index < -0.39 is 6.10 Å². The smallest absolute Gasteiger partial charge is 0.139 e. The Morgan fingerprint density at radius 3 is 2.78 bits per heavy atom. The molecule has 3 heterocycles. The summed E-state index contributed by atoms with van der Waals surface area (Å²) >= 11 is 0. The van der Waals surface area contributed by atoms with Crippen molar-refractivity contribution in [3.8, 4) is 0 Å². The minimum atomic E-state index is -0.733. The summed E-state index contributed by atoms with van der Waals surface area (Å²) in [6, 6.07) is 14.6. The van der Waals surface area contributed by atoms with Gasteiger partial charge >= 0.3 is 0 Å². The van der Waals surface area contributed by atoms with Crippen LogP contribution in [0.1, 0.15) is 41.6 Å². The largest absolute Gasteiger partial charge is 0.380 e. The molecule has 1 aromatic carbocycles. The summed E-state index contributed by atoms with van der Waals surface area (Å²) in [4.78, 5) is 2.50. The third-order valence-corrected chi connectivity index (χ3v) is 5.31. The van der Waals surface area contributed by atoms with Gasteiger partial charge in [0, 0.05) is 32.9 Å².